The Bertz CT molecular complexity index is 447. The zero-order valence-corrected chi connectivity index (χ0v) is 10.7. The number of hydrogen-bond acceptors (Lipinski definition) is 4. The molecule has 0 spiro atoms. The normalized spacial score (nSPS) is 18.3. The predicted octanol–water partition coefficient (Wildman–Crippen LogP) is 2.50. The van der Waals surface area contributed by atoms with Crippen LogP contribution in [0.2, 0.25) is 0 Å². The average molecular weight is 272 g/mol. The van der Waals surface area contributed by atoms with E-state index in [9.17, 15) is 4.79 Å². The number of hydrogen-bond donors (Lipinski definition) is 0. The van der Waals surface area contributed by atoms with Crippen molar-refractivity contribution in [2.45, 2.75) is 11.9 Å². The summed E-state index contributed by atoms with van der Waals surface area (Å²) in [5.41, 5.74) is 0.549. The van der Waals surface area contributed by atoms with E-state index < -0.39 is 5.00 Å². The molecule has 1 aliphatic heterocycles. The molecular weight excluding hydrogens is 261 g/mol. The minimum absolute atomic E-state index is 0.205. The van der Waals surface area contributed by atoms with Crippen molar-refractivity contribution in [3.8, 4) is 0 Å². The van der Waals surface area contributed by atoms with E-state index in [1.807, 2.05) is 6.07 Å². The van der Waals surface area contributed by atoms with Crippen LogP contribution in [0.25, 0.3) is 0 Å². The van der Waals surface area contributed by atoms with Gasteiger partial charge in [-0.3, -0.25) is 9.21 Å². The van der Waals surface area contributed by atoms with Gasteiger partial charge in [0.1, 0.15) is 13.0 Å². The molecule has 1 aromatic rings. The van der Waals surface area contributed by atoms with Gasteiger partial charge in [0, 0.05) is 17.3 Å². The Morgan fingerprint density at radius 1 is 1.41 bits per heavy atom. The summed E-state index contributed by atoms with van der Waals surface area (Å²) in [5.74, 6) is -0.205. The van der Waals surface area contributed by atoms with Crippen molar-refractivity contribution < 1.29 is 4.79 Å². The van der Waals surface area contributed by atoms with Gasteiger partial charge in [0.2, 0.25) is 5.78 Å². The summed E-state index contributed by atoms with van der Waals surface area (Å²) in [6, 6.07) is 8.88. The third-order valence-electron chi connectivity index (χ3n) is 2.52. The van der Waals surface area contributed by atoms with Crippen molar-refractivity contribution in [2.75, 3.05) is 6.67 Å². The predicted molar refractivity (Wildman–Crippen MR) is 67.9 cm³/mol. The van der Waals surface area contributed by atoms with E-state index in [0.717, 1.165) is 0 Å². The minimum Gasteiger partial charge on any atom is -0.290 e. The second-order valence-corrected chi connectivity index (χ2v) is 4.99. The fourth-order valence-electron chi connectivity index (χ4n) is 1.53. The standard InChI is InChI=1S/C11H11Cl2N3O/c1-11(12,16-8-15(13)7-14-16)10(17)9-5-3-2-4-6-9/h2-7H,8H2,1H3. The quantitative estimate of drug-likeness (QED) is 0.367. The summed E-state index contributed by atoms with van der Waals surface area (Å²) < 4.78 is 1.33. The van der Waals surface area contributed by atoms with E-state index in [1.54, 1.807) is 31.2 Å². The lowest BCUT2D eigenvalue weighted by Gasteiger charge is -2.29. The van der Waals surface area contributed by atoms with E-state index in [2.05, 4.69) is 5.10 Å². The maximum Gasteiger partial charge on any atom is 0.204 e. The number of carbonyl (C=O) groups is 1. The summed E-state index contributed by atoms with van der Waals surface area (Å²) in [4.78, 5) is 11.0. The van der Waals surface area contributed by atoms with Crippen molar-refractivity contribution in [1.82, 2.24) is 9.43 Å². The Morgan fingerprint density at radius 3 is 2.59 bits per heavy atom. The number of hydrazone groups is 1. The van der Waals surface area contributed by atoms with Crippen LogP contribution in [0, 0.1) is 0 Å². The molecule has 0 amide bonds. The van der Waals surface area contributed by atoms with Gasteiger partial charge < -0.3 is 0 Å². The van der Waals surface area contributed by atoms with Gasteiger partial charge in [-0.15, -0.1) is 0 Å². The molecule has 90 valence electrons. The third-order valence-corrected chi connectivity index (χ3v) is 3.08. The average Bonchev–Trinajstić information content (AvgIpc) is 2.77. The summed E-state index contributed by atoms with van der Waals surface area (Å²) in [6.07, 6.45) is 1.42. The first-order valence-corrected chi connectivity index (χ1v) is 5.76. The molecule has 1 unspecified atom stereocenters. The van der Waals surface area contributed by atoms with Crippen molar-refractivity contribution in [1.29, 1.82) is 0 Å². The minimum atomic E-state index is -1.23. The molecule has 0 bridgehead atoms. The Kier molecular flexibility index (Phi) is 3.26. The Balaban J connectivity index is 2.21. The van der Waals surface area contributed by atoms with Crippen LogP contribution in [0.4, 0.5) is 0 Å². The highest BCUT2D eigenvalue weighted by Gasteiger charge is 2.39. The molecular formula is C11H11Cl2N3O. The van der Waals surface area contributed by atoms with Crippen molar-refractivity contribution in [3.05, 3.63) is 35.9 Å². The van der Waals surface area contributed by atoms with Crippen molar-refractivity contribution in [3.63, 3.8) is 0 Å². The van der Waals surface area contributed by atoms with Gasteiger partial charge >= 0.3 is 0 Å². The number of ketones is 1. The van der Waals surface area contributed by atoms with Gasteiger partial charge in [0.15, 0.2) is 5.00 Å². The molecule has 0 aliphatic carbocycles. The van der Waals surface area contributed by atoms with Crippen LogP contribution < -0.4 is 0 Å². The first-order valence-electron chi connectivity index (χ1n) is 5.05. The first-order chi connectivity index (χ1) is 8.01. The first kappa shape index (κ1) is 12.2. The molecule has 17 heavy (non-hydrogen) atoms. The Hall–Kier alpha value is -1.26. The topological polar surface area (TPSA) is 35.9 Å². The lowest BCUT2D eigenvalue weighted by atomic mass is 10.0. The highest BCUT2D eigenvalue weighted by Crippen LogP contribution is 2.28. The fourth-order valence-corrected chi connectivity index (χ4v) is 1.88. The maximum absolute atomic E-state index is 12.3. The smallest absolute Gasteiger partial charge is 0.204 e. The second kappa shape index (κ2) is 4.55. The lowest BCUT2D eigenvalue weighted by molar-refractivity contribution is 0.0777. The SMILES string of the molecule is CC(Cl)(C(=O)c1ccccc1)N1CN(Cl)C=N1. The van der Waals surface area contributed by atoms with Crippen LogP contribution in [0.1, 0.15) is 17.3 Å². The number of halogens is 2. The molecule has 1 aromatic carbocycles. The maximum atomic E-state index is 12.3. The Morgan fingerprint density at radius 2 is 2.06 bits per heavy atom. The van der Waals surface area contributed by atoms with Crippen LogP contribution in [-0.4, -0.2) is 33.2 Å². The van der Waals surface area contributed by atoms with Crippen LogP contribution in [0.15, 0.2) is 35.4 Å². The monoisotopic (exact) mass is 271 g/mol. The zero-order chi connectivity index (χ0) is 12.5. The molecule has 0 fully saturated rings. The van der Waals surface area contributed by atoms with Gasteiger partial charge in [-0.2, -0.15) is 5.10 Å². The number of alkyl halides is 1. The highest BCUT2D eigenvalue weighted by molar-refractivity contribution is 6.37. The fraction of sp³-hybridized carbons (Fsp3) is 0.273. The molecule has 0 saturated heterocycles. The van der Waals surface area contributed by atoms with E-state index in [0.29, 0.717) is 5.56 Å². The highest BCUT2D eigenvalue weighted by atomic mass is 35.5. The third kappa shape index (κ3) is 2.37. The van der Waals surface area contributed by atoms with Gasteiger partial charge in [-0.25, -0.2) is 5.01 Å². The molecule has 0 N–H and O–H groups in total. The van der Waals surface area contributed by atoms with Crippen LogP contribution in [0.3, 0.4) is 0 Å². The summed E-state index contributed by atoms with van der Waals surface area (Å²) >= 11 is 12.0. The summed E-state index contributed by atoms with van der Waals surface area (Å²) in [7, 11) is 0. The van der Waals surface area contributed by atoms with Crippen molar-refractivity contribution in [2.24, 2.45) is 5.10 Å². The van der Waals surface area contributed by atoms with E-state index in [4.69, 9.17) is 23.4 Å². The molecule has 1 aliphatic rings. The summed E-state index contributed by atoms with van der Waals surface area (Å²) in [5, 5.41) is 5.43. The number of nitrogens with zero attached hydrogens (tertiary/aromatic N) is 3. The van der Waals surface area contributed by atoms with E-state index >= 15 is 0 Å². The van der Waals surface area contributed by atoms with Crippen LogP contribution in [0.5, 0.6) is 0 Å². The lowest BCUT2D eigenvalue weighted by Crippen LogP contribution is -2.45. The number of carbonyl (C=O) groups excluding carboxylic acids is 1. The van der Waals surface area contributed by atoms with Crippen molar-refractivity contribution >= 4 is 35.5 Å². The molecule has 1 atom stereocenters. The molecule has 0 aromatic heterocycles. The van der Waals surface area contributed by atoms with E-state index in [-0.39, 0.29) is 12.5 Å². The molecule has 0 saturated carbocycles. The molecule has 4 nitrogen and oxygen atoms in total. The molecule has 2 rings (SSSR count). The number of rotatable bonds is 3. The molecule has 6 heteroatoms. The number of benzene rings is 1. The second-order valence-electron chi connectivity index (χ2n) is 3.82. The molecule has 0 radical (unpaired) electrons. The molecule has 1 heterocycles. The summed E-state index contributed by atoms with van der Waals surface area (Å²) in [6.45, 7) is 1.89. The largest absolute Gasteiger partial charge is 0.290 e. The van der Waals surface area contributed by atoms with E-state index in [1.165, 1.54) is 15.8 Å². The van der Waals surface area contributed by atoms with Gasteiger partial charge in [-0.1, -0.05) is 41.9 Å². The van der Waals surface area contributed by atoms with Crippen LogP contribution in [-0.2, 0) is 0 Å². The number of Topliss-reactive ketones (excluding diaryl/α,β-unsaturated/α-hetero) is 1. The van der Waals surface area contributed by atoms with Gasteiger partial charge in [0.25, 0.3) is 0 Å². The zero-order valence-electron chi connectivity index (χ0n) is 9.18. The Labute approximate surface area is 110 Å². The van der Waals surface area contributed by atoms with Gasteiger partial charge in [-0.05, 0) is 6.92 Å². The van der Waals surface area contributed by atoms with Gasteiger partial charge in [0.05, 0.1) is 0 Å². The van der Waals surface area contributed by atoms with Crippen LogP contribution >= 0.6 is 23.4 Å².